The van der Waals surface area contributed by atoms with Crippen molar-refractivity contribution in [3.8, 4) is 6.07 Å². The Hall–Kier alpha value is -0.550. The van der Waals surface area contributed by atoms with Gasteiger partial charge in [-0.25, -0.2) is 0 Å². The van der Waals surface area contributed by atoms with Crippen LogP contribution in [0.1, 0.15) is 44.9 Å². The van der Waals surface area contributed by atoms with E-state index in [0.717, 1.165) is 25.3 Å². The molecule has 0 saturated heterocycles. The van der Waals surface area contributed by atoms with Gasteiger partial charge in [-0.05, 0) is 38.8 Å². The van der Waals surface area contributed by atoms with Crippen molar-refractivity contribution in [1.82, 2.24) is 4.90 Å². The van der Waals surface area contributed by atoms with E-state index in [9.17, 15) is 0 Å². The highest BCUT2D eigenvalue weighted by atomic mass is 15.1. The molecule has 15 heavy (non-hydrogen) atoms. The van der Waals surface area contributed by atoms with E-state index in [1.807, 2.05) is 0 Å². The monoisotopic (exact) mass is 206 g/mol. The first-order valence-corrected chi connectivity index (χ1v) is 6.34. The molecule has 2 rings (SSSR count). The van der Waals surface area contributed by atoms with Crippen LogP contribution < -0.4 is 0 Å². The predicted molar refractivity (Wildman–Crippen MR) is 61.4 cm³/mol. The van der Waals surface area contributed by atoms with Gasteiger partial charge in [-0.3, -0.25) is 0 Å². The predicted octanol–water partition coefficient (Wildman–Crippen LogP) is 2.80. The Balaban J connectivity index is 1.64. The maximum Gasteiger partial charge on any atom is 0.0703 e. The number of nitriles is 1. The third kappa shape index (κ3) is 2.95. The molecule has 0 heterocycles. The van der Waals surface area contributed by atoms with E-state index < -0.39 is 0 Å². The van der Waals surface area contributed by atoms with Crippen LogP contribution in [0, 0.1) is 22.7 Å². The smallest absolute Gasteiger partial charge is 0.0703 e. The molecule has 2 saturated carbocycles. The van der Waals surface area contributed by atoms with Gasteiger partial charge in [0.15, 0.2) is 0 Å². The Bertz CT molecular complexity index is 244. The van der Waals surface area contributed by atoms with Crippen molar-refractivity contribution in [3.05, 3.63) is 0 Å². The van der Waals surface area contributed by atoms with Crippen LogP contribution in [0.3, 0.4) is 0 Å². The largest absolute Gasteiger partial charge is 0.305 e. The van der Waals surface area contributed by atoms with Crippen LogP contribution in [0.2, 0.25) is 0 Å². The lowest BCUT2D eigenvalue weighted by atomic mass is 10.0. The molecule has 2 aliphatic carbocycles. The lowest BCUT2D eigenvalue weighted by molar-refractivity contribution is 0.270. The standard InChI is InChI=1S/C13H22N2/c1-15(11-13(10-14)7-8-13)9-6-12-4-2-3-5-12/h12H,2-9,11H2,1H3. The number of hydrogen-bond donors (Lipinski definition) is 0. The quantitative estimate of drug-likeness (QED) is 0.691. The Morgan fingerprint density at radius 3 is 2.53 bits per heavy atom. The summed E-state index contributed by atoms with van der Waals surface area (Å²) in [6.07, 6.45) is 9.36. The maximum absolute atomic E-state index is 9.01. The molecule has 0 N–H and O–H groups in total. The van der Waals surface area contributed by atoms with Gasteiger partial charge in [0.25, 0.3) is 0 Å². The first-order valence-electron chi connectivity index (χ1n) is 6.34. The van der Waals surface area contributed by atoms with E-state index in [1.165, 1.54) is 38.6 Å². The molecule has 84 valence electrons. The van der Waals surface area contributed by atoms with Crippen molar-refractivity contribution in [2.75, 3.05) is 20.1 Å². The van der Waals surface area contributed by atoms with E-state index in [0.29, 0.717) is 0 Å². The lowest BCUT2D eigenvalue weighted by Gasteiger charge is -2.20. The van der Waals surface area contributed by atoms with Crippen molar-refractivity contribution >= 4 is 0 Å². The van der Waals surface area contributed by atoms with Gasteiger partial charge in [-0.15, -0.1) is 0 Å². The molecule has 0 spiro atoms. The molecule has 2 aliphatic rings. The second-order valence-corrected chi connectivity index (χ2v) is 5.57. The first kappa shape index (κ1) is 11.0. The van der Waals surface area contributed by atoms with E-state index in [-0.39, 0.29) is 5.41 Å². The maximum atomic E-state index is 9.01. The molecule has 0 bridgehead atoms. The highest BCUT2D eigenvalue weighted by Crippen LogP contribution is 2.45. The minimum Gasteiger partial charge on any atom is -0.305 e. The first-order chi connectivity index (χ1) is 7.24. The topological polar surface area (TPSA) is 27.0 Å². The Kier molecular flexibility index (Phi) is 3.31. The third-order valence-electron chi connectivity index (χ3n) is 4.06. The van der Waals surface area contributed by atoms with Gasteiger partial charge in [0, 0.05) is 6.54 Å². The second kappa shape index (κ2) is 4.53. The Morgan fingerprint density at radius 1 is 1.33 bits per heavy atom. The molecule has 2 fully saturated rings. The van der Waals surface area contributed by atoms with Crippen molar-refractivity contribution in [2.24, 2.45) is 11.3 Å². The summed E-state index contributed by atoms with van der Waals surface area (Å²) in [7, 11) is 2.17. The molecule has 0 aromatic carbocycles. The van der Waals surface area contributed by atoms with Gasteiger partial charge in [-0.1, -0.05) is 25.7 Å². The molecule has 0 aliphatic heterocycles. The van der Waals surface area contributed by atoms with E-state index in [1.54, 1.807) is 0 Å². The highest BCUT2D eigenvalue weighted by molar-refractivity contribution is 5.11. The van der Waals surface area contributed by atoms with Crippen molar-refractivity contribution in [1.29, 1.82) is 5.26 Å². The zero-order chi connectivity index (χ0) is 10.7. The van der Waals surface area contributed by atoms with Gasteiger partial charge >= 0.3 is 0 Å². The van der Waals surface area contributed by atoms with Gasteiger partial charge in [-0.2, -0.15) is 5.26 Å². The van der Waals surface area contributed by atoms with Gasteiger partial charge < -0.3 is 4.90 Å². The normalized spacial score (nSPS) is 24.3. The van der Waals surface area contributed by atoms with E-state index in [4.69, 9.17) is 5.26 Å². The summed E-state index contributed by atoms with van der Waals surface area (Å²) in [4.78, 5) is 2.37. The summed E-state index contributed by atoms with van der Waals surface area (Å²) in [5.41, 5.74) is 0.0461. The van der Waals surface area contributed by atoms with Crippen LogP contribution in [0.25, 0.3) is 0 Å². The number of rotatable bonds is 5. The van der Waals surface area contributed by atoms with Crippen LogP contribution in [-0.4, -0.2) is 25.0 Å². The van der Waals surface area contributed by atoms with Crippen LogP contribution >= 0.6 is 0 Å². The minimum atomic E-state index is 0.0461. The molecule has 0 amide bonds. The molecule has 2 heteroatoms. The van der Waals surface area contributed by atoms with E-state index in [2.05, 4.69) is 18.0 Å². The van der Waals surface area contributed by atoms with Crippen molar-refractivity contribution < 1.29 is 0 Å². The highest BCUT2D eigenvalue weighted by Gasteiger charge is 2.43. The fourth-order valence-electron chi connectivity index (χ4n) is 2.75. The second-order valence-electron chi connectivity index (χ2n) is 5.57. The number of nitrogens with zero attached hydrogens (tertiary/aromatic N) is 2. The zero-order valence-electron chi connectivity index (χ0n) is 9.84. The van der Waals surface area contributed by atoms with Crippen molar-refractivity contribution in [3.63, 3.8) is 0 Å². The molecule has 0 unspecified atom stereocenters. The van der Waals surface area contributed by atoms with E-state index >= 15 is 0 Å². The third-order valence-corrected chi connectivity index (χ3v) is 4.06. The Morgan fingerprint density at radius 2 is 2.00 bits per heavy atom. The lowest BCUT2D eigenvalue weighted by Crippen LogP contribution is -2.28. The minimum absolute atomic E-state index is 0.0461. The van der Waals surface area contributed by atoms with Crippen LogP contribution in [0.15, 0.2) is 0 Å². The molecule has 0 atom stereocenters. The molecular weight excluding hydrogens is 184 g/mol. The van der Waals surface area contributed by atoms with Gasteiger partial charge in [0.05, 0.1) is 11.5 Å². The average Bonchev–Trinajstić information content (AvgIpc) is 2.80. The summed E-state index contributed by atoms with van der Waals surface area (Å²) in [6.45, 7) is 2.18. The van der Waals surface area contributed by atoms with Crippen LogP contribution in [0.5, 0.6) is 0 Å². The fraction of sp³-hybridized carbons (Fsp3) is 0.923. The van der Waals surface area contributed by atoms with Crippen LogP contribution in [-0.2, 0) is 0 Å². The Labute approximate surface area is 93.3 Å². The van der Waals surface area contributed by atoms with Crippen molar-refractivity contribution in [2.45, 2.75) is 44.9 Å². The summed E-state index contributed by atoms with van der Waals surface area (Å²) in [5.74, 6) is 0.977. The molecule has 2 nitrogen and oxygen atoms in total. The molecule has 0 radical (unpaired) electrons. The average molecular weight is 206 g/mol. The molecule has 0 aromatic rings. The summed E-state index contributed by atoms with van der Waals surface area (Å²) < 4.78 is 0. The fourth-order valence-corrected chi connectivity index (χ4v) is 2.75. The number of hydrogen-bond acceptors (Lipinski definition) is 2. The summed E-state index contributed by atoms with van der Waals surface area (Å²) >= 11 is 0. The van der Waals surface area contributed by atoms with Gasteiger partial charge in [0.1, 0.15) is 0 Å². The van der Waals surface area contributed by atoms with Gasteiger partial charge in [0.2, 0.25) is 0 Å². The summed E-state index contributed by atoms with van der Waals surface area (Å²) in [6, 6.07) is 2.47. The molecular formula is C13H22N2. The molecule has 0 aromatic heterocycles. The summed E-state index contributed by atoms with van der Waals surface area (Å²) in [5, 5.41) is 9.01. The van der Waals surface area contributed by atoms with Crippen LogP contribution in [0.4, 0.5) is 0 Å². The SMILES string of the molecule is CN(CCC1CCCC1)CC1(C#N)CC1. The zero-order valence-corrected chi connectivity index (χ0v) is 9.84.